The van der Waals surface area contributed by atoms with Crippen LogP contribution in [0.25, 0.3) is 22.4 Å². The van der Waals surface area contributed by atoms with E-state index in [0.717, 1.165) is 42.4 Å². The largest absolute Gasteiger partial charge is 0.365 e. The monoisotopic (exact) mass is 368 g/mol. The lowest BCUT2D eigenvalue weighted by molar-refractivity contribution is -0.132. The molecule has 3 aromatic heterocycles. The van der Waals surface area contributed by atoms with Gasteiger partial charge in [-0.15, -0.1) is 0 Å². The number of likely N-dealkylation sites (tertiary alicyclic amines) is 1. The van der Waals surface area contributed by atoms with Crippen molar-refractivity contribution in [1.82, 2.24) is 24.8 Å². The first-order chi connectivity index (χ1) is 13.1. The third-order valence-corrected chi connectivity index (χ3v) is 4.97. The van der Waals surface area contributed by atoms with Crippen LogP contribution in [0.4, 0.5) is 10.2 Å². The zero-order valence-corrected chi connectivity index (χ0v) is 15.1. The molecule has 0 bridgehead atoms. The van der Waals surface area contributed by atoms with Crippen molar-refractivity contribution in [2.45, 2.75) is 32.2 Å². The number of aromatic amines is 1. The van der Waals surface area contributed by atoms with Gasteiger partial charge < -0.3 is 15.2 Å². The van der Waals surface area contributed by atoms with Crippen LogP contribution in [0.15, 0.2) is 30.7 Å². The van der Waals surface area contributed by atoms with Crippen LogP contribution in [0, 0.1) is 5.82 Å². The number of rotatable bonds is 4. The van der Waals surface area contributed by atoms with Crippen LogP contribution in [-0.2, 0) is 4.79 Å². The number of piperidine rings is 1. The Morgan fingerprint density at radius 1 is 1.41 bits per heavy atom. The number of H-pyrrole nitrogens is 1. The number of pyridine rings is 1. The number of carbonyl (C=O) groups excluding carboxylic acids is 1. The second-order valence-corrected chi connectivity index (χ2v) is 6.73. The molecule has 0 saturated carbocycles. The van der Waals surface area contributed by atoms with Crippen molar-refractivity contribution in [2.75, 3.05) is 18.4 Å². The Balaban J connectivity index is 1.57. The van der Waals surface area contributed by atoms with Crippen LogP contribution < -0.4 is 5.32 Å². The van der Waals surface area contributed by atoms with E-state index in [1.165, 1.54) is 6.20 Å². The predicted octanol–water partition coefficient (Wildman–Crippen LogP) is 2.97. The number of amides is 1. The third kappa shape index (κ3) is 3.47. The average molecular weight is 368 g/mol. The predicted molar refractivity (Wildman–Crippen MR) is 101 cm³/mol. The van der Waals surface area contributed by atoms with E-state index in [2.05, 4.69) is 25.3 Å². The van der Waals surface area contributed by atoms with E-state index in [-0.39, 0.29) is 17.8 Å². The summed E-state index contributed by atoms with van der Waals surface area (Å²) in [7, 11) is 0. The van der Waals surface area contributed by atoms with Crippen molar-refractivity contribution in [1.29, 1.82) is 0 Å². The number of fused-ring (bicyclic) bond motifs is 1. The van der Waals surface area contributed by atoms with E-state index in [4.69, 9.17) is 0 Å². The van der Waals surface area contributed by atoms with Gasteiger partial charge in [0.15, 0.2) is 17.5 Å². The first kappa shape index (κ1) is 17.4. The van der Waals surface area contributed by atoms with E-state index in [1.807, 2.05) is 17.0 Å². The highest BCUT2D eigenvalue weighted by atomic mass is 19.1. The molecule has 140 valence electrons. The Morgan fingerprint density at radius 3 is 3.15 bits per heavy atom. The topological polar surface area (TPSA) is 86.8 Å². The van der Waals surface area contributed by atoms with Crippen molar-refractivity contribution in [2.24, 2.45) is 0 Å². The smallest absolute Gasteiger partial charge is 0.219 e. The summed E-state index contributed by atoms with van der Waals surface area (Å²) in [6.07, 6.45) is 7.62. The summed E-state index contributed by atoms with van der Waals surface area (Å²) >= 11 is 0. The van der Waals surface area contributed by atoms with E-state index in [9.17, 15) is 9.18 Å². The molecule has 1 unspecified atom stereocenters. The number of nitrogens with one attached hydrogen (secondary N) is 2. The minimum atomic E-state index is -0.512. The second kappa shape index (κ2) is 7.30. The fourth-order valence-electron chi connectivity index (χ4n) is 3.60. The van der Waals surface area contributed by atoms with Gasteiger partial charge in [0.05, 0.1) is 6.20 Å². The first-order valence-electron chi connectivity index (χ1n) is 9.09. The van der Waals surface area contributed by atoms with Gasteiger partial charge >= 0.3 is 0 Å². The van der Waals surface area contributed by atoms with Crippen LogP contribution in [0.3, 0.4) is 0 Å². The van der Waals surface area contributed by atoms with Gasteiger partial charge in [0.1, 0.15) is 5.65 Å². The number of carbonyl (C=O) groups is 1. The number of halogens is 1. The Labute approximate surface area is 156 Å². The minimum Gasteiger partial charge on any atom is -0.365 e. The Kier molecular flexibility index (Phi) is 4.70. The Bertz CT molecular complexity index is 972. The van der Waals surface area contributed by atoms with E-state index < -0.39 is 5.82 Å². The molecule has 0 spiro atoms. The molecule has 8 heteroatoms. The molecule has 27 heavy (non-hydrogen) atoms. The van der Waals surface area contributed by atoms with E-state index >= 15 is 0 Å². The maximum Gasteiger partial charge on any atom is 0.219 e. The molecular formula is C19H21FN6O. The van der Waals surface area contributed by atoms with Gasteiger partial charge in [0.25, 0.3) is 0 Å². The second-order valence-electron chi connectivity index (χ2n) is 6.73. The summed E-state index contributed by atoms with van der Waals surface area (Å²) in [5.74, 6) is 0.107. The molecule has 1 saturated heterocycles. The fourth-order valence-corrected chi connectivity index (χ4v) is 3.60. The molecule has 0 radical (unpaired) electrons. The average Bonchev–Trinajstić information content (AvgIpc) is 3.12. The van der Waals surface area contributed by atoms with Crippen LogP contribution in [0.2, 0.25) is 0 Å². The van der Waals surface area contributed by atoms with Crippen LogP contribution in [-0.4, -0.2) is 49.9 Å². The van der Waals surface area contributed by atoms with Crippen molar-refractivity contribution in [3.8, 4) is 11.4 Å². The van der Waals surface area contributed by atoms with Gasteiger partial charge in [-0.25, -0.2) is 19.3 Å². The molecule has 4 heterocycles. The molecule has 1 amide bonds. The van der Waals surface area contributed by atoms with Crippen molar-refractivity contribution in [3.05, 3.63) is 36.5 Å². The van der Waals surface area contributed by atoms with Gasteiger partial charge in [0, 0.05) is 49.4 Å². The molecule has 1 aliphatic rings. The summed E-state index contributed by atoms with van der Waals surface area (Å²) in [5, 5.41) is 3.95. The molecular weight excluding hydrogens is 347 g/mol. The fraction of sp³-hybridized carbons (Fsp3) is 0.368. The number of hydrogen-bond acceptors (Lipinski definition) is 5. The third-order valence-electron chi connectivity index (χ3n) is 4.97. The molecule has 1 atom stereocenters. The van der Waals surface area contributed by atoms with Gasteiger partial charge in [-0.05, 0) is 31.4 Å². The maximum absolute atomic E-state index is 14.2. The normalized spacial score (nSPS) is 17.3. The van der Waals surface area contributed by atoms with Crippen molar-refractivity contribution < 1.29 is 9.18 Å². The highest BCUT2D eigenvalue weighted by Gasteiger charge is 2.24. The highest BCUT2D eigenvalue weighted by Crippen LogP contribution is 2.26. The molecule has 0 aromatic carbocycles. The number of anilines is 1. The maximum atomic E-state index is 14.2. The number of nitrogens with zero attached hydrogens (tertiary/aromatic N) is 4. The summed E-state index contributed by atoms with van der Waals surface area (Å²) in [6, 6.07) is 3.80. The summed E-state index contributed by atoms with van der Waals surface area (Å²) in [5.41, 5.74) is 1.50. The molecule has 1 fully saturated rings. The van der Waals surface area contributed by atoms with Gasteiger partial charge in [-0.1, -0.05) is 0 Å². The number of hydrogen-bond donors (Lipinski definition) is 2. The van der Waals surface area contributed by atoms with Gasteiger partial charge in [0.2, 0.25) is 5.91 Å². The standard InChI is InChI=1S/C19H21FN6O/c1-12(27)26-8-3-2-5-13(26)9-22-19-16(20)11-24-18(25-19)15-10-23-17-14(15)6-4-7-21-17/h4,6-7,10-11,13H,2-3,5,8-9H2,1H3,(H,21,23)(H,22,24,25). The van der Waals surface area contributed by atoms with Crippen LogP contribution >= 0.6 is 0 Å². The summed E-state index contributed by atoms with van der Waals surface area (Å²) in [6.45, 7) is 2.79. The highest BCUT2D eigenvalue weighted by molar-refractivity contribution is 5.91. The van der Waals surface area contributed by atoms with E-state index in [0.29, 0.717) is 12.4 Å². The summed E-state index contributed by atoms with van der Waals surface area (Å²) < 4.78 is 14.2. The minimum absolute atomic E-state index is 0.0476. The lowest BCUT2D eigenvalue weighted by atomic mass is 10.0. The SMILES string of the molecule is CC(=O)N1CCCCC1CNc1nc(-c2c[nH]c3ncccc23)ncc1F. The van der Waals surface area contributed by atoms with Crippen LogP contribution in [0.1, 0.15) is 26.2 Å². The number of aromatic nitrogens is 4. The van der Waals surface area contributed by atoms with Gasteiger partial charge in [-0.2, -0.15) is 0 Å². The zero-order chi connectivity index (χ0) is 18.8. The van der Waals surface area contributed by atoms with Crippen molar-refractivity contribution in [3.63, 3.8) is 0 Å². The molecule has 3 aromatic rings. The van der Waals surface area contributed by atoms with E-state index in [1.54, 1.807) is 19.3 Å². The molecule has 7 nitrogen and oxygen atoms in total. The molecule has 1 aliphatic heterocycles. The molecule has 2 N–H and O–H groups in total. The first-order valence-corrected chi connectivity index (χ1v) is 9.09. The van der Waals surface area contributed by atoms with Gasteiger partial charge in [-0.3, -0.25) is 4.79 Å². The Hall–Kier alpha value is -3.03. The van der Waals surface area contributed by atoms with Crippen molar-refractivity contribution >= 4 is 22.8 Å². The Morgan fingerprint density at radius 2 is 2.30 bits per heavy atom. The quantitative estimate of drug-likeness (QED) is 0.739. The van der Waals surface area contributed by atoms with Crippen LogP contribution in [0.5, 0.6) is 0 Å². The zero-order valence-electron chi connectivity index (χ0n) is 15.1. The molecule has 4 rings (SSSR count). The lowest BCUT2D eigenvalue weighted by Crippen LogP contribution is -2.46. The lowest BCUT2D eigenvalue weighted by Gasteiger charge is -2.35. The summed E-state index contributed by atoms with van der Waals surface area (Å²) in [4.78, 5) is 29.5. The molecule has 0 aliphatic carbocycles.